The Morgan fingerprint density at radius 2 is 1.95 bits per heavy atom. The lowest BCUT2D eigenvalue weighted by atomic mass is 9.85. The maximum Gasteiger partial charge on any atom is 0.337 e. The smallest absolute Gasteiger partial charge is 0.337 e. The first-order valence-corrected chi connectivity index (χ1v) is 6.56. The number of carboxylic acid groups (broad SMARTS) is 1. The second kappa shape index (κ2) is 4.84. The van der Waals surface area contributed by atoms with Crippen molar-refractivity contribution in [3.8, 4) is 11.1 Å². The third-order valence-electron chi connectivity index (χ3n) is 3.74. The van der Waals surface area contributed by atoms with Crippen LogP contribution >= 0.6 is 0 Å². The summed E-state index contributed by atoms with van der Waals surface area (Å²) in [6, 6.07) is 7.99. The van der Waals surface area contributed by atoms with Gasteiger partial charge in [-0.3, -0.25) is 4.98 Å². The van der Waals surface area contributed by atoms with Crippen LogP contribution in [0.15, 0.2) is 36.7 Å². The van der Waals surface area contributed by atoms with Crippen LogP contribution < -0.4 is 0 Å². The molecule has 0 atom stereocenters. The summed E-state index contributed by atoms with van der Waals surface area (Å²) in [5.41, 5.74) is 4.78. The van der Waals surface area contributed by atoms with Gasteiger partial charge >= 0.3 is 5.97 Å². The second-order valence-electron chi connectivity index (χ2n) is 4.88. The number of aromatic carboxylic acids is 1. The van der Waals surface area contributed by atoms with Gasteiger partial charge in [-0.25, -0.2) is 4.79 Å². The third kappa shape index (κ3) is 2.12. The number of hydrogen-bond donors (Lipinski definition) is 1. The first kappa shape index (κ1) is 11.9. The zero-order valence-corrected chi connectivity index (χ0v) is 10.6. The van der Waals surface area contributed by atoms with Gasteiger partial charge < -0.3 is 5.11 Å². The molecule has 96 valence electrons. The van der Waals surface area contributed by atoms with Crippen LogP contribution in [0.3, 0.4) is 0 Å². The number of carboxylic acids is 1. The highest BCUT2D eigenvalue weighted by Gasteiger charge is 2.18. The lowest BCUT2D eigenvalue weighted by Crippen LogP contribution is -2.06. The molecule has 19 heavy (non-hydrogen) atoms. The molecular formula is C16H15NO2. The Morgan fingerprint density at radius 1 is 1.11 bits per heavy atom. The Bertz CT molecular complexity index is 634. The van der Waals surface area contributed by atoms with Gasteiger partial charge in [-0.2, -0.15) is 0 Å². The minimum atomic E-state index is -0.920. The lowest BCUT2D eigenvalue weighted by molar-refractivity contribution is 0.0697. The van der Waals surface area contributed by atoms with Crippen molar-refractivity contribution in [1.29, 1.82) is 0 Å². The summed E-state index contributed by atoms with van der Waals surface area (Å²) >= 11 is 0. The molecule has 0 saturated heterocycles. The van der Waals surface area contributed by atoms with Gasteiger partial charge in [0.1, 0.15) is 0 Å². The highest BCUT2D eigenvalue weighted by Crippen LogP contribution is 2.33. The predicted molar refractivity (Wildman–Crippen MR) is 73.3 cm³/mol. The number of rotatable bonds is 2. The van der Waals surface area contributed by atoms with E-state index in [4.69, 9.17) is 0 Å². The molecule has 3 heteroatoms. The minimum Gasteiger partial charge on any atom is -0.478 e. The van der Waals surface area contributed by atoms with E-state index < -0.39 is 5.97 Å². The number of aromatic nitrogens is 1. The molecular weight excluding hydrogens is 238 g/mol. The first-order valence-electron chi connectivity index (χ1n) is 6.56. The molecule has 1 aliphatic rings. The maximum absolute atomic E-state index is 11.3. The fourth-order valence-electron chi connectivity index (χ4n) is 2.83. The van der Waals surface area contributed by atoms with Gasteiger partial charge in [-0.1, -0.05) is 18.2 Å². The van der Waals surface area contributed by atoms with Crippen LogP contribution in [0.5, 0.6) is 0 Å². The largest absolute Gasteiger partial charge is 0.478 e. The maximum atomic E-state index is 11.3. The molecule has 1 aromatic carbocycles. The van der Waals surface area contributed by atoms with Crippen LogP contribution in [-0.4, -0.2) is 16.1 Å². The van der Waals surface area contributed by atoms with E-state index in [9.17, 15) is 9.90 Å². The van der Waals surface area contributed by atoms with Gasteiger partial charge in [0, 0.05) is 12.4 Å². The zero-order chi connectivity index (χ0) is 13.2. The fraction of sp³-hybridized carbons (Fsp3) is 0.250. The van der Waals surface area contributed by atoms with E-state index in [2.05, 4.69) is 11.1 Å². The van der Waals surface area contributed by atoms with Crippen molar-refractivity contribution in [3.05, 3.63) is 53.3 Å². The van der Waals surface area contributed by atoms with Crippen molar-refractivity contribution in [2.45, 2.75) is 25.7 Å². The molecule has 1 aromatic heterocycles. The Labute approximate surface area is 111 Å². The Hall–Kier alpha value is -2.16. The van der Waals surface area contributed by atoms with Crippen molar-refractivity contribution >= 4 is 5.97 Å². The molecule has 0 saturated carbocycles. The van der Waals surface area contributed by atoms with Gasteiger partial charge in [0.2, 0.25) is 0 Å². The van der Waals surface area contributed by atoms with Crippen LogP contribution in [0.4, 0.5) is 0 Å². The van der Waals surface area contributed by atoms with Crippen molar-refractivity contribution in [2.24, 2.45) is 0 Å². The van der Waals surface area contributed by atoms with Crippen LogP contribution in [0, 0.1) is 0 Å². The van der Waals surface area contributed by atoms with Crippen LogP contribution in [0.1, 0.15) is 34.3 Å². The molecule has 0 fully saturated rings. The van der Waals surface area contributed by atoms with Crippen LogP contribution in [-0.2, 0) is 12.8 Å². The summed E-state index contributed by atoms with van der Waals surface area (Å²) in [6.07, 6.45) is 7.61. The average Bonchev–Trinajstić information content (AvgIpc) is 2.46. The summed E-state index contributed by atoms with van der Waals surface area (Å²) < 4.78 is 0. The van der Waals surface area contributed by atoms with E-state index >= 15 is 0 Å². The van der Waals surface area contributed by atoms with Gasteiger partial charge in [-0.15, -0.1) is 0 Å². The van der Waals surface area contributed by atoms with Gasteiger partial charge in [0.05, 0.1) is 5.56 Å². The average molecular weight is 253 g/mol. The molecule has 1 aliphatic carbocycles. The highest BCUT2D eigenvalue weighted by atomic mass is 16.4. The number of hydrogen-bond acceptors (Lipinski definition) is 2. The number of nitrogens with zero attached hydrogens (tertiary/aromatic N) is 1. The number of carbonyl (C=O) groups is 1. The number of fused-ring (bicyclic) bond motifs is 1. The monoisotopic (exact) mass is 253 g/mol. The molecule has 0 aliphatic heterocycles. The molecule has 0 amide bonds. The fourth-order valence-corrected chi connectivity index (χ4v) is 2.83. The zero-order valence-electron chi connectivity index (χ0n) is 10.6. The molecule has 0 unspecified atom stereocenters. The molecule has 3 nitrogen and oxygen atoms in total. The SMILES string of the molecule is O=C(O)c1cnccc1-c1cccc2c1CCCC2. The lowest BCUT2D eigenvalue weighted by Gasteiger charge is -2.20. The van der Waals surface area contributed by atoms with E-state index in [1.165, 1.54) is 30.2 Å². The van der Waals surface area contributed by atoms with Crippen molar-refractivity contribution < 1.29 is 9.90 Å². The van der Waals surface area contributed by atoms with Gasteiger partial charge in [0.15, 0.2) is 0 Å². The normalized spacial score (nSPS) is 13.9. The predicted octanol–water partition coefficient (Wildman–Crippen LogP) is 3.33. The Kier molecular flexibility index (Phi) is 3.03. The van der Waals surface area contributed by atoms with Crippen LogP contribution in [0.2, 0.25) is 0 Å². The molecule has 1 heterocycles. The minimum absolute atomic E-state index is 0.279. The number of benzene rings is 1. The van der Waals surface area contributed by atoms with E-state index in [0.29, 0.717) is 0 Å². The second-order valence-corrected chi connectivity index (χ2v) is 4.88. The van der Waals surface area contributed by atoms with Gasteiger partial charge in [-0.05, 0) is 54.0 Å². The van der Waals surface area contributed by atoms with E-state index in [1.807, 2.05) is 12.1 Å². The number of aryl methyl sites for hydroxylation is 1. The quantitative estimate of drug-likeness (QED) is 0.893. The van der Waals surface area contributed by atoms with E-state index in [0.717, 1.165) is 24.0 Å². The standard InChI is InChI=1S/C16H15NO2/c18-16(19)15-10-17-9-8-14(15)13-7-3-5-11-4-1-2-6-12(11)13/h3,5,7-10H,1-2,4,6H2,(H,18,19). The summed E-state index contributed by atoms with van der Waals surface area (Å²) in [4.78, 5) is 15.2. The molecule has 1 N–H and O–H groups in total. The number of pyridine rings is 1. The van der Waals surface area contributed by atoms with Crippen LogP contribution in [0.25, 0.3) is 11.1 Å². The molecule has 0 radical (unpaired) electrons. The summed E-state index contributed by atoms with van der Waals surface area (Å²) in [5.74, 6) is -0.920. The molecule has 3 rings (SSSR count). The topological polar surface area (TPSA) is 50.2 Å². The molecule has 0 spiro atoms. The van der Waals surface area contributed by atoms with Crippen molar-refractivity contribution in [2.75, 3.05) is 0 Å². The Morgan fingerprint density at radius 3 is 2.79 bits per heavy atom. The summed E-state index contributed by atoms with van der Waals surface area (Å²) in [5, 5.41) is 9.29. The van der Waals surface area contributed by atoms with Crippen molar-refractivity contribution in [1.82, 2.24) is 4.98 Å². The summed E-state index contributed by atoms with van der Waals surface area (Å²) in [7, 11) is 0. The third-order valence-corrected chi connectivity index (χ3v) is 3.74. The van der Waals surface area contributed by atoms with Crippen molar-refractivity contribution in [3.63, 3.8) is 0 Å². The van der Waals surface area contributed by atoms with Gasteiger partial charge in [0.25, 0.3) is 0 Å². The first-order chi connectivity index (χ1) is 9.27. The molecule has 2 aromatic rings. The Balaban J connectivity index is 2.20. The van der Waals surface area contributed by atoms with E-state index in [1.54, 1.807) is 12.3 Å². The summed E-state index contributed by atoms with van der Waals surface area (Å²) in [6.45, 7) is 0. The highest BCUT2D eigenvalue weighted by molar-refractivity contribution is 5.96. The van der Waals surface area contributed by atoms with E-state index in [-0.39, 0.29) is 5.56 Å². The molecule has 0 bridgehead atoms.